The van der Waals surface area contributed by atoms with Crippen LogP contribution in [0.15, 0.2) is 0 Å². The minimum Gasteiger partial charge on any atom is -0.387 e. The van der Waals surface area contributed by atoms with Gasteiger partial charge in [0.1, 0.15) is 0 Å². The standard InChI is InChI=1S/C11H24N2S/c1-5-9(2)14-8-6-7-11(3,4)10(12)13/h9H,5-8H2,1-4H3,(H3,12,13). The number of nitrogens with two attached hydrogens (primary N) is 1. The van der Waals surface area contributed by atoms with Crippen LogP contribution in [0, 0.1) is 10.8 Å². The lowest BCUT2D eigenvalue weighted by molar-refractivity contribution is 0.464. The third-order valence-corrected chi connectivity index (χ3v) is 4.08. The molecule has 0 aromatic heterocycles. The molecule has 3 heteroatoms. The Balaban J connectivity index is 3.59. The smallest absolute Gasteiger partial charge is 0.0963 e. The number of thioether (sulfide) groups is 1. The molecule has 0 aliphatic heterocycles. The van der Waals surface area contributed by atoms with Crippen LogP contribution in [0.2, 0.25) is 0 Å². The molecule has 0 heterocycles. The maximum absolute atomic E-state index is 7.42. The van der Waals surface area contributed by atoms with Crippen molar-refractivity contribution in [3.8, 4) is 0 Å². The molecule has 0 bridgehead atoms. The minimum atomic E-state index is -0.115. The van der Waals surface area contributed by atoms with E-state index in [2.05, 4.69) is 13.8 Å². The molecule has 0 saturated carbocycles. The van der Waals surface area contributed by atoms with Gasteiger partial charge in [0.2, 0.25) is 0 Å². The molecule has 0 radical (unpaired) electrons. The van der Waals surface area contributed by atoms with Crippen molar-refractivity contribution in [3.63, 3.8) is 0 Å². The van der Waals surface area contributed by atoms with E-state index in [1.54, 1.807) is 0 Å². The summed E-state index contributed by atoms with van der Waals surface area (Å²) in [6.45, 7) is 8.57. The molecule has 0 saturated heterocycles. The predicted molar refractivity (Wildman–Crippen MR) is 67.1 cm³/mol. The SMILES string of the molecule is CCC(C)SCCCC(C)(C)C(=N)N. The molecule has 0 spiro atoms. The minimum absolute atomic E-state index is 0.115. The van der Waals surface area contributed by atoms with Crippen molar-refractivity contribution in [2.45, 2.75) is 52.2 Å². The topological polar surface area (TPSA) is 49.9 Å². The third-order valence-electron chi connectivity index (χ3n) is 2.65. The zero-order valence-corrected chi connectivity index (χ0v) is 10.7. The zero-order chi connectivity index (χ0) is 11.2. The van der Waals surface area contributed by atoms with Crippen LogP contribution in [-0.4, -0.2) is 16.8 Å². The molecule has 0 aromatic carbocycles. The Bertz CT molecular complexity index is 178. The summed E-state index contributed by atoms with van der Waals surface area (Å²) in [6, 6.07) is 0. The summed E-state index contributed by atoms with van der Waals surface area (Å²) in [5.41, 5.74) is 5.40. The van der Waals surface area contributed by atoms with Crippen molar-refractivity contribution in [1.29, 1.82) is 5.41 Å². The molecule has 14 heavy (non-hydrogen) atoms. The molecule has 84 valence electrons. The second-order valence-corrected chi connectivity index (χ2v) is 6.04. The van der Waals surface area contributed by atoms with Crippen molar-refractivity contribution < 1.29 is 0 Å². The summed E-state index contributed by atoms with van der Waals surface area (Å²) in [4.78, 5) is 0. The van der Waals surface area contributed by atoms with E-state index < -0.39 is 0 Å². The largest absolute Gasteiger partial charge is 0.387 e. The average molecular weight is 216 g/mol. The van der Waals surface area contributed by atoms with E-state index >= 15 is 0 Å². The van der Waals surface area contributed by atoms with Gasteiger partial charge in [-0.15, -0.1) is 0 Å². The van der Waals surface area contributed by atoms with Gasteiger partial charge < -0.3 is 5.73 Å². The Labute approximate surface area is 92.5 Å². The second-order valence-electron chi connectivity index (χ2n) is 4.49. The lowest BCUT2D eigenvalue weighted by Gasteiger charge is -2.22. The van der Waals surface area contributed by atoms with E-state index in [0.29, 0.717) is 5.84 Å². The fourth-order valence-electron chi connectivity index (χ4n) is 1.05. The zero-order valence-electron chi connectivity index (χ0n) is 9.89. The highest BCUT2D eigenvalue weighted by molar-refractivity contribution is 7.99. The maximum Gasteiger partial charge on any atom is 0.0963 e. The molecule has 1 unspecified atom stereocenters. The van der Waals surface area contributed by atoms with Crippen LogP contribution in [-0.2, 0) is 0 Å². The van der Waals surface area contributed by atoms with Crippen molar-refractivity contribution >= 4 is 17.6 Å². The van der Waals surface area contributed by atoms with Crippen molar-refractivity contribution in [2.75, 3.05) is 5.75 Å². The van der Waals surface area contributed by atoms with Crippen LogP contribution in [0.5, 0.6) is 0 Å². The summed E-state index contributed by atoms with van der Waals surface area (Å²) in [5, 5.41) is 8.18. The molecule has 2 nitrogen and oxygen atoms in total. The fourth-order valence-corrected chi connectivity index (χ4v) is 2.00. The van der Waals surface area contributed by atoms with Crippen molar-refractivity contribution in [1.82, 2.24) is 0 Å². The first-order valence-corrected chi connectivity index (χ1v) is 6.41. The van der Waals surface area contributed by atoms with Crippen LogP contribution in [0.3, 0.4) is 0 Å². The fraction of sp³-hybridized carbons (Fsp3) is 0.909. The Morgan fingerprint density at radius 2 is 2.07 bits per heavy atom. The van der Waals surface area contributed by atoms with E-state index in [1.807, 2.05) is 25.6 Å². The lowest BCUT2D eigenvalue weighted by atomic mass is 9.87. The van der Waals surface area contributed by atoms with Gasteiger partial charge in [-0.3, -0.25) is 5.41 Å². The predicted octanol–water partition coefficient (Wildman–Crippen LogP) is 3.26. The van der Waals surface area contributed by atoms with E-state index in [4.69, 9.17) is 11.1 Å². The Morgan fingerprint density at radius 3 is 2.50 bits per heavy atom. The summed E-state index contributed by atoms with van der Waals surface area (Å²) < 4.78 is 0. The number of nitrogens with one attached hydrogen (secondary N) is 1. The van der Waals surface area contributed by atoms with E-state index in [1.165, 1.54) is 12.2 Å². The molecule has 1 atom stereocenters. The highest BCUT2D eigenvalue weighted by atomic mass is 32.2. The van der Waals surface area contributed by atoms with Gasteiger partial charge in [0.05, 0.1) is 5.84 Å². The van der Waals surface area contributed by atoms with Gasteiger partial charge >= 0.3 is 0 Å². The summed E-state index contributed by atoms with van der Waals surface area (Å²) in [5.74, 6) is 1.50. The monoisotopic (exact) mass is 216 g/mol. The van der Waals surface area contributed by atoms with Gasteiger partial charge in [-0.1, -0.05) is 27.7 Å². The van der Waals surface area contributed by atoms with E-state index in [9.17, 15) is 0 Å². The Morgan fingerprint density at radius 1 is 1.50 bits per heavy atom. The van der Waals surface area contributed by atoms with E-state index in [-0.39, 0.29) is 5.41 Å². The average Bonchev–Trinajstić information content (AvgIpc) is 2.11. The summed E-state index contributed by atoms with van der Waals surface area (Å²) in [7, 11) is 0. The van der Waals surface area contributed by atoms with Gasteiger partial charge in [-0.2, -0.15) is 11.8 Å². The number of hydrogen-bond donors (Lipinski definition) is 2. The lowest BCUT2D eigenvalue weighted by Crippen LogP contribution is -2.30. The van der Waals surface area contributed by atoms with Crippen LogP contribution < -0.4 is 5.73 Å². The molecule has 0 rings (SSSR count). The van der Waals surface area contributed by atoms with Crippen LogP contribution in [0.25, 0.3) is 0 Å². The number of rotatable bonds is 7. The quantitative estimate of drug-likeness (QED) is 0.390. The van der Waals surface area contributed by atoms with E-state index in [0.717, 1.165) is 18.1 Å². The molecule has 0 amide bonds. The van der Waals surface area contributed by atoms with Gasteiger partial charge in [0.25, 0.3) is 0 Å². The Kier molecular flexibility index (Phi) is 6.25. The normalized spacial score (nSPS) is 14.0. The molecular weight excluding hydrogens is 192 g/mol. The third kappa shape index (κ3) is 5.53. The molecule has 0 aliphatic rings. The number of hydrogen-bond acceptors (Lipinski definition) is 2. The first-order valence-electron chi connectivity index (χ1n) is 5.36. The van der Waals surface area contributed by atoms with Gasteiger partial charge in [0, 0.05) is 10.7 Å². The molecule has 0 fully saturated rings. The summed E-state index contributed by atoms with van der Waals surface area (Å²) >= 11 is 2.02. The second kappa shape index (κ2) is 6.33. The van der Waals surface area contributed by atoms with Crippen LogP contribution in [0.1, 0.15) is 47.0 Å². The first kappa shape index (κ1) is 13.8. The van der Waals surface area contributed by atoms with Gasteiger partial charge in [0.15, 0.2) is 0 Å². The molecular formula is C11H24N2S. The highest BCUT2D eigenvalue weighted by Gasteiger charge is 2.20. The molecule has 0 aromatic rings. The Hall–Kier alpha value is -0.180. The van der Waals surface area contributed by atoms with Crippen LogP contribution in [0.4, 0.5) is 0 Å². The molecule has 3 N–H and O–H groups in total. The van der Waals surface area contributed by atoms with Crippen molar-refractivity contribution in [3.05, 3.63) is 0 Å². The first-order chi connectivity index (χ1) is 6.40. The molecule has 0 aliphatic carbocycles. The van der Waals surface area contributed by atoms with Gasteiger partial charge in [-0.25, -0.2) is 0 Å². The van der Waals surface area contributed by atoms with Gasteiger partial charge in [-0.05, 0) is 25.0 Å². The maximum atomic E-state index is 7.42. The summed E-state index contributed by atoms with van der Waals surface area (Å²) in [6.07, 6.45) is 3.41. The number of amidine groups is 1. The van der Waals surface area contributed by atoms with Crippen molar-refractivity contribution in [2.24, 2.45) is 11.1 Å². The highest BCUT2D eigenvalue weighted by Crippen LogP contribution is 2.24. The van der Waals surface area contributed by atoms with Crippen LogP contribution >= 0.6 is 11.8 Å².